The van der Waals surface area contributed by atoms with Gasteiger partial charge in [0.25, 0.3) is 5.56 Å². The second-order valence-corrected chi connectivity index (χ2v) is 4.34. The van der Waals surface area contributed by atoms with Crippen LogP contribution in [0.5, 0.6) is 0 Å². The third-order valence-corrected chi connectivity index (χ3v) is 2.95. The van der Waals surface area contributed by atoms with Crippen molar-refractivity contribution in [1.29, 1.82) is 0 Å². The van der Waals surface area contributed by atoms with E-state index in [1.165, 1.54) is 0 Å². The Bertz CT molecular complexity index is 609. The summed E-state index contributed by atoms with van der Waals surface area (Å²) >= 11 is 0. The second kappa shape index (κ2) is 5.02. The summed E-state index contributed by atoms with van der Waals surface area (Å²) in [5, 5.41) is 9.05. The van der Waals surface area contributed by atoms with Gasteiger partial charge in [-0.25, -0.2) is 4.79 Å². The third kappa shape index (κ3) is 2.75. The van der Waals surface area contributed by atoms with Crippen molar-refractivity contribution in [3.05, 3.63) is 32.9 Å². The predicted molar refractivity (Wildman–Crippen MR) is 56.5 cm³/mol. The van der Waals surface area contributed by atoms with E-state index in [1.807, 2.05) is 0 Å². The quantitative estimate of drug-likeness (QED) is 0.768. The maximum absolute atomic E-state index is 13.1. The molecule has 1 unspecified atom stereocenters. The van der Waals surface area contributed by atoms with Crippen LogP contribution < -0.4 is 11.2 Å². The Morgan fingerprint density at radius 1 is 1.40 bits per heavy atom. The molecule has 112 valence electrons. The summed E-state index contributed by atoms with van der Waals surface area (Å²) in [6.07, 6.45) is -9.86. The number of nitrogens with zero attached hydrogens (tertiary/aromatic N) is 1. The molecular weight excluding hydrogens is 288 g/mol. The topological polar surface area (TPSA) is 84.3 Å². The molecule has 10 heteroatoms. The van der Waals surface area contributed by atoms with Crippen LogP contribution in [-0.4, -0.2) is 33.0 Å². The van der Waals surface area contributed by atoms with Crippen LogP contribution in [0, 0.1) is 5.82 Å². The van der Waals surface area contributed by atoms with Gasteiger partial charge < -0.3 is 9.84 Å². The summed E-state index contributed by atoms with van der Waals surface area (Å²) < 4.78 is 55.6. The van der Waals surface area contributed by atoms with E-state index in [2.05, 4.69) is 0 Å². The number of aromatic nitrogens is 2. The Morgan fingerprint density at radius 2 is 2.05 bits per heavy atom. The first-order valence-corrected chi connectivity index (χ1v) is 5.61. The minimum atomic E-state index is -4.85. The molecule has 2 N–H and O–H groups in total. The van der Waals surface area contributed by atoms with Gasteiger partial charge in [-0.05, 0) is 12.8 Å². The number of hydrogen-bond acceptors (Lipinski definition) is 4. The van der Waals surface area contributed by atoms with Gasteiger partial charge in [-0.3, -0.25) is 14.3 Å². The lowest BCUT2D eigenvalue weighted by Crippen LogP contribution is -2.40. The molecule has 2 rings (SSSR count). The molecule has 1 aromatic heterocycles. The molecule has 1 saturated heterocycles. The lowest BCUT2D eigenvalue weighted by atomic mass is 10.1. The van der Waals surface area contributed by atoms with E-state index in [0.717, 1.165) is 0 Å². The molecule has 1 fully saturated rings. The molecule has 2 heterocycles. The van der Waals surface area contributed by atoms with Crippen LogP contribution in [0.1, 0.15) is 19.1 Å². The van der Waals surface area contributed by atoms with Crippen LogP contribution in [0.25, 0.3) is 0 Å². The van der Waals surface area contributed by atoms with Crippen molar-refractivity contribution in [1.82, 2.24) is 9.55 Å². The van der Waals surface area contributed by atoms with E-state index in [4.69, 9.17) is 9.84 Å². The zero-order valence-corrected chi connectivity index (χ0v) is 9.85. The zero-order chi connectivity index (χ0) is 15.1. The van der Waals surface area contributed by atoms with E-state index in [-0.39, 0.29) is 12.8 Å². The number of aliphatic hydroxyl groups is 1. The fraction of sp³-hybridized carbons (Fsp3) is 0.600. The molecular formula is C10H10F4N2O4. The van der Waals surface area contributed by atoms with Crippen molar-refractivity contribution >= 4 is 0 Å². The molecule has 0 spiro atoms. The average molecular weight is 298 g/mol. The fourth-order valence-electron chi connectivity index (χ4n) is 1.97. The van der Waals surface area contributed by atoms with Crippen LogP contribution in [0.3, 0.4) is 0 Å². The Kier molecular flexibility index (Phi) is 3.69. The molecule has 3 atom stereocenters. The number of hydrogen-bond donors (Lipinski definition) is 2. The maximum Gasteiger partial charge on any atom is 0.416 e. The highest BCUT2D eigenvalue weighted by Gasteiger charge is 2.47. The van der Waals surface area contributed by atoms with E-state index in [1.54, 1.807) is 4.98 Å². The van der Waals surface area contributed by atoms with Crippen LogP contribution >= 0.6 is 0 Å². The van der Waals surface area contributed by atoms with Gasteiger partial charge >= 0.3 is 11.9 Å². The van der Waals surface area contributed by atoms with Crippen molar-refractivity contribution in [3.8, 4) is 0 Å². The molecule has 20 heavy (non-hydrogen) atoms. The van der Waals surface area contributed by atoms with Gasteiger partial charge in [0.2, 0.25) is 5.82 Å². The molecule has 6 nitrogen and oxygen atoms in total. The average Bonchev–Trinajstić information content (AvgIpc) is 2.80. The maximum atomic E-state index is 13.1. The van der Waals surface area contributed by atoms with Crippen LogP contribution in [0.2, 0.25) is 0 Å². The van der Waals surface area contributed by atoms with Gasteiger partial charge in [0.15, 0.2) is 6.10 Å². The number of H-pyrrole nitrogens is 1. The molecule has 0 radical (unpaired) electrons. The first-order chi connectivity index (χ1) is 9.20. The minimum Gasteiger partial charge on any atom is -0.381 e. The van der Waals surface area contributed by atoms with Crippen LogP contribution in [0.15, 0.2) is 15.8 Å². The van der Waals surface area contributed by atoms with Crippen molar-refractivity contribution in [2.75, 3.05) is 0 Å². The number of halogens is 4. The summed E-state index contributed by atoms with van der Waals surface area (Å²) in [5.74, 6) is -1.26. The van der Waals surface area contributed by atoms with Crippen molar-refractivity contribution in [2.45, 2.75) is 37.5 Å². The van der Waals surface area contributed by atoms with E-state index < -0.39 is 41.7 Å². The van der Waals surface area contributed by atoms with Crippen molar-refractivity contribution < 1.29 is 27.4 Å². The first-order valence-electron chi connectivity index (χ1n) is 5.61. The Hall–Kier alpha value is -1.68. The molecule has 1 aromatic rings. The fourth-order valence-corrected chi connectivity index (χ4v) is 1.97. The van der Waals surface area contributed by atoms with Crippen molar-refractivity contribution in [3.63, 3.8) is 0 Å². The molecule has 0 amide bonds. The number of alkyl halides is 3. The minimum absolute atomic E-state index is 0.0246. The largest absolute Gasteiger partial charge is 0.416 e. The Morgan fingerprint density at radius 3 is 2.65 bits per heavy atom. The Labute approximate surface area is 108 Å². The highest BCUT2D eigenvalue weighted by molar-refractivity contribution is 4.90. The smallest absolute Gasteiger partial charge is 0.381 e. The van der Waals surface area contributed by atoms with Gasteiger partial charge in [-0.1, -0.05) is 0 Å². The van der Waals surface area contributed by atoms with Crippen LogP contribution in [-0.2, 0) is 4.74 Å². The number of aromatic amines is 1. The van der Waals surface area contributed by atoms with Gasteiger partial charge in [0.05, 0.1) is 12.3 Å². The standard InChI is InChI=1S/C10H10F4N2O4/c11-4-3-16(9(19)15-8(4)18)6-2-1-5(20-6)7(17)10(12,13)14/h3,5-7,17H,1-2H2,(H,15,18,19)/t5-,6+,7?/m0/s1. The second-order valence-electron chi connectivity index (χ2n) is 4.34. The Balaban J connectivity index is 2.20. The molecule has 0 bridgehead atoms. The summed E-state index contributed by atoms with van der Waals surface area (Å²) in [4.78, 5) is 23.9. The molecule has 1 aliphatic heterocycles. The number of aliphatic hydroxyl groups excluding tert-OH is 1. The molecule has 0 aromatic carbocycles. The molecule has 1 aliphatic rings. The molecule has 0 saturated carbocycles. The van der Waals surface area contributed by atoms with Gasteiger partial charge in [0.1, 0.15) is 6.23 Å². The lowest BCUT2D eigenvalue weighted by Gasteiger charge is -2.21. The summed E-state index contributed by atoms with van der Waals surface area (Å²) in [6, 6.07) is 0. The summed E-state index contributed by atoms with van der Waals surface area (Å²) in [5.41, 5.74) is -2.22. The predicted octanol–water partition coefficient (Wildman–Crippen LogP) is 0.276. The number of rotatable bonds is 2. The first kappa shape index (κ1) is 14.7. The monoisotopic (exact) mass is 298 g/mol. The van der Waals surface area contributed by atoms with E-state index in [0.29, 0.717) is 10.8 Å². The van der Waals surface area contributed by atoms with Gasteiger partial charge in [-0.15, -0.1) is 0 Å². The van der Waals surface area contributed by atoms with Gasteiger partial charge in [-0.2, -0.15) is 17.6 Å². The number of ether oxygens (including phenoxy) is 1. The number of nitrogens with one attached hydrogen (secondary N) is 1. The lowest BCUT2D eigenvalue weighted by molar-refractivity contribution is -0.237. The molecule has 0 aliphatic carbocycles. The summed E-state index contributed by atoms with van der Waals surface area (Å²) in [7, 11) is 0. The third-order valence-electron chi connectivity index (χ3n) is 2.95. The van der Waals surface area contributed by atoms with Crippen LogP contribution in [0.4, 0.5) is 17.6 Å². The highest BCUT2D eigenvalue weighted by Crippen LogP contribution is 2.34. The zero-order valence-electron chi connectivity index (χ0n) is 9.85. The van der Waals surface area contributed by atoms with Crippen molar-refractivity contribution in [2.24, 2.45) is 0 Å². The highest BCUT2D eigenvalue weighted by atomic mass is 19.4. The SMILES string of the molecule is O=c1[nH]c(=O)n([C@H]2CC[C@@H](C(O)C(F)(F)F)O2)cc1F. The normalized spacial score (nSPS) is 24.9. The van der Waals surface area contributed by atoms with E-state index in [9.17, 15) is 27.2 Å². The van der Waals surface area contributed by atoms with E-state index >= 15 is 0 Å². The summed E-state index contributed by atoms with van der Waals surface area (Å²) in [6.45, 7) is 0. The van der Waals surface area contributed by atoms with Gasteiger partial charge in [0, 0.05) is 0 Å².